The zero-order valence-electron chi connectivity index (χ0n) is 14.8. The molecule has 0 bridgehead atoms. The van der Waals surface area contributed by atoms with Crippen LogP contribution in [0.5, 0.6) is 0 Å². The molecule has 0 saturated carbocycles. The predicted octanol–water partition coefficient (Wildman–Crippen LogP) is 4.13. The Labute approximate surface area is 172 Å². The molecule has 1 aliphatic rings. The van der Waals surface area contributed by atoms with E-state index in [1.165, 1.54) is 15.6 Å². The molecule has 1 fully saturated rings. The highest BCUT2D eigenvalue weighted by Gasteiger charge is 2.34. The zero-order chi connectivity index (χ0) is 19.4. The average molecular weight is 469 g/mol. The number of hydrogen-bond acceptors (Lipinski definition) is 4. The molecular weight excluding hydrogens is 448 g/mol. The van der Waals surface area contributed by atoms with Crippen LogP contribution in [0, 0.1) is 5.92 Å². The van der Waals surface area contributed by atoms with Gasteiger partial charge in [0.15, 0.2) is 0 Å². The normalized spacial score (nSPS) is 16.2. The number of halogens is 1. The lowest BCUT2D eigenvalue weighted by atomic mass is 9.96. The molecule has 1 aromatic heterocycles. The smallest absolute Gasteiger partial charge is 0.252 e. The molecule has 0 atom stereocenters. The summed E-state index contributed by atoms with van der Waals surface area (Å²) in [6.07, 6.45) is 2.75. The topological polar surface area (TPSA) is 57.7 Å². The second kappa shape index (κ2) is 8.68. The highest BCUT2D eigenvalue weighted by molar-refractivity contribution is 9.11. The molecule has 0 N–H and O–H groups in total. The summed E-state index contributed by atoms with van der Waals surface area (Å²) in [6.45, 7) is 4.89. The molecular formula is C19H21BrN2O3S2. The fourth-order valence-electron chi connectivity index (χ4n) is 3.19. The Morgan fingerprint density at radius 2 is 1.89 bits per heavy atom. The van der Waals surface area contributed by atoms with Crippen LogP contribution in [-0.2, 0) is 14.8 Å². The van der Waals surface area contributed by atoms with Gasteiger partial charge in [-0.3, -0.25) is 4.79 Å². The number of rotatable bonds is 6. The van der Waals surface area contributed by atoms with Crippen molar-refractivity contribution in [2.75, 3.05) is 24.5 Å². The van der Waals surface area contributed by atoms with Crippen molar-refractivity contribution in [3.8, 4) is 0 Å². The third-order valence-corrected chi connectivity index (χ3v) is 8.58. The van der Waals surface area contributed by atoms with Gasteiger partial charge in [0.1, 0.15) is 4.21 Å². The van der Waals surface area contributed by atoms with E-state index >= 15 is 0 Å². The number of nitrogens with zero attached hydrogens (tertiary/aromatic N) is 2. The Morgan fingerprint density at radius 1 is 1.22 bits per heavy atom. The Balaban J connectivity index is 1.69. The molecule has 5 nitrogen and oxygen atoms in total. The van der Waals surface area contributed by atoms with Gasteiger partial charge in [-0.1, -0.05) is 24.3 Å². The van der Waals surface area contributed by atoms with Gasteiger partial charge in [0, 0.05) is 31.2 Å². The van der Waals surface area contributed by atoms with Gasteiger partial charge in [-0.15, -0.1) is 17.9 Å². The molecule has 0 radical (unpaired) electrons. The summed E-state index contributed by atoms with van der Waals surface area (Å²) in [5.74, 6) is -0.163. The molecule has 1 amide bonds. The van der Waals surface area contributed by atoms with Crippen molar-refractivity contribution in [1.29, 1.82) is 0 Å². The number of piperidine rings is 1. The van der Waals surface area contributed by atoms with Crippen LogP contribution in [0.3, 0.4) is 0 Å². The minimum absolute atomic E-state index is 0.0250. The van der Waals surface area contributed by atoms with Crippen LogP contribution in [0.15, 0.2) is 63.1 Å². The number of hydrogen-bond donors (Lipinski definition) is 0. The number of para-hydroxylation sites is 1. The van der Waals surface area contributed by atoms with Gasteiger partial charge in [-0.2, -0.15) is 4.31 Å². The molecule has 2 heterocycles. The Bertz CT molecular complexity index is 904. The maximum Gasteiger partial charge on any atom is 0.252 e. The van der Waals surface area contributed by atoms with Gasteiger partial charge in [0.05, 0.1) is 3.79 Å². The van der Waals surface area contributed by atoms with Crippen LogP contribution in [0.2, 0.25) is 0 Å². The molecule has 0 spiro atoms. The summed E-state index contributed by atoms with van der Waals surface area (Å²) in [6, 6.07) is 12.8. The molecule has 1 aromatic carbocycles. The number of benzene rings is 1. The summed E-state index contributed by atoms with van der Waals surface area (Å²) in [5.41, 5.74) is 0.834. The number of anilines is 1. The van der Waals surface area contributed by atoms with E-state index in [2.05, 4.69) is 22.5 Å². The summed E-state index contributed by atoms with van der Waals surface area (Å²) < 4.78 is 28.1. The molecule has 0 aliphatic carbocycles. The first-order valence-corrected chi connectivity index (χ1v) is 11.7. The van der Waals surface area contributed by atoms with Crippen LogP contribution in [0.4, 0.5) is 5.69 Å². The van der Waals surface area contributed by atoms with Crippen molar-refractivity contribution >= 4 is 48.9 Å². The Hall–Kier alpha value is -1.48. The van der Waals surface area contributed by atoms with Gasteiger partial charge in [0.25, 0.3) is 10.0 Å². The van der Waals surface area contributed by atoms with Crippen molar-refractivity contribution < 1.29 is 13.2 Å². The standard InChI is InChI=1S/C19H21BrN2O3S2/c1-2-12-22(16-6-4-3-5-7-16)19(23)15-10-13-21(14-11-15)27(24,25)18-9-8-17(20)26-18/h2-9,15H,1,10-14H2. The minimum atomic E-state index is -3.49. The number of carbonyl (C=O) groups excluding carboxylic acids is 1. The van der Waals surface area contributed by atoms with Crippen molar-refractivity contribution in [3.05, 3.63) is 58.9 Å². The van der Waals surface area contributed by atoms with E-state index in [0.717, 1.165) is 9.47 Å². The molecule has 27 heavy (non-hydrogen) atoms. The predicted molar refractivity (Wildman–Crippen MR) is 112 cm³/mol. The van der Waals surface area contributed by atoms with E-state index in [1.54, 1.807) is 23.1 Å². The SMILES string of the molecule is C=CCN(C(=O)C1CCN(S(=O)(=O)c2ccc(Br)s2)CC1)c1ccccc1. The lowest BCUT2D eigenvalue weighted by Gasteiger charge is -2.33. The first kappa shape index (κ1) is 20.3. The second-order valence-corrected chi connectivity index (χ2v) is 10.9. The van der Waals surface area contributed by atoms with Gasteiger partial charge in [0.2, 0.25) is 5.91 Å². The highest BCUT2D eigenvalue weighted by Crippen LogP contribution is 2.31. The molecule has 1 aliphatic heterocycles. The van der Waals surface area contributed by atoms with E-state index in [9.17, 15) is 13.2 Å². The second-order valence-electron chi connectivity index (χ2n) is 6.31. The number of sulfonamides is 1. The minimum Gasteiger partial charge on any atom is -0.308 e. The molecule has 0 unspecified atom stereocenters. The number of amides is 1. The largest absolute Gasteiger partial charge is 0.308 e. The molecule has 2 aromatic rings. The van der Waals surface area contributed by atoms with E-state index in [1.807, 2.05) is 30.3 Å². The van der Waals surface area contributed by atoms with Crippen molar-refractivity contribution in [1.82, 2.24) is 4.31 Å². The maximum absolute atomic E-state index is 13.0. The number of thiophene rings is 1. The van der Waals surface area contributed by atoms with Crippen LogP contribution < -0.4 is 4.90 Å². The molecule has 3 rings (SSSR count). The van der Waals surface area contributed by atoms with Gasteiger partial charge >= 0.3 is 0 Å². The molecule has 8 heteroatoms. The Kier molecular flexibility index (Phi) is 6.52. The van der Waals surface area contributed by atoms with Crippen molar-refractivity contribution in [2.24, 2.45) is 5.92 Å². The van der Waals surface area contributed by atoms with Gasteiger partial charge in [-0.05, 0) is 53.0 Å². The lowest BCUT2D eigenvalue weighted by molar-refractivity contribution is -0.123. The van der Waals surface area contributed by atoms with Crippen LogP contribution in [0.25, 0.3) is 0 Å². The average Bonchev–Trinajstić information content (AvgIpc) is 3.13. The highest BCUT2D eigenvalue weighted by atomic mass is 79.9. The van der Waals surface area contributed by atoms with Crippen molar-refractivity contribution in [2.45, 2.75) is 17.1 Å². The summed E-state index contributed by atoms with van der Waals surface area (Å²) >= 11 is 4.51. The lowest BCUT2D eigenvalue weighted by Crippen LogP contribution is -2.44. The van der Waals surface area contributed by atoms with Crippen LogP contribution in [-0.4, -0.2) is 38.3 Å². The third kappa shape index (κ3) is 4.51. The van der Waals surface area contributed by atoms with E-state index < -0.39 is 10.0 Å². The number of carbonyl (C=O) groups is 1. The first-order valence-electron chi connectivity index (χ1n) is 8.66. The third-order valence-electron chi connectivity index (χ3n) is 4.59. The molecule has 144 valence electrons. The fraction of sp³-hybridized carbons (Fsp3) is 0.316. The van der Waals surface area contributed by atoms with Crippen LogP contribution >= 0.6 is 27.3 Å². The quantitative estimate of drug-likeness (QED) is 0.598. The van der Waals surface area contributed by atoms with E-state index in [0.29, 0.717) is 36.7 Å². The van der Waals surface area contributed by atoms with Crippen molar-refractivity contribution in [3.63, 3.8) is 0 Å². The monoisotopic (exact) mass is 468 g/mol. The summed E-state index contributed by atoms with van der Waals surface area (Å²) in [5, 5.41) is 0. The molecule has 1 saturated heterocycles. The van der Waals surface area contributed by atoms with Crippen LogP contribution in [0.1, 0.15) is 12.8 Å². The van der Waals surface area contributed by atoms with E-state index in [4.69, 9.17) is 0 Å². The Morgan fingerprint density at radius 3 is 2.44 bits per heavy atom. The first-order chi connectivity index (χ1) is 12.9. The van der Waals surface area contributed by atoms with Gasteiger partial charge in [-0.25, -0.2) is 8.42 Å². The van der Waals surface area contributed by atoms with Gasteiger partial charge < -0.3 is 4.90 Å². The maximum atomic E-state index is 13.0. The summed E-state index contributed by atoms with van der Waals surface area (Å²) in [7, 11) is -3.49. The fourth-order valence-corrected chi connectivity index (χ4v) is 6.82. The zero-order valence-corrected chi connectivity index (χ0v) is 18.0. The van der Waals surface area contributed by atoms with E-state index in [-0.39, 0.29) is 11.8 Å². The summed E-state index contributed by atoms with van der Waals surface area (Å²) in [4.78, 5) is 14.7.